The Morgan fingerprint density at radius 2 is 1.84 bits per heavy atom. The number of hydrogen-bond acceptors (Lipinski definition) is 6. The number of nitrogens with one attached hydrogen (secondary N) is 1. The lowest BCUT2D eigenvalue weighted by atomic mass is 10.1. The first kappa shape index (κ1) is 27.2. The van der Waals surface area contributed by atoms with Crippen LogP contribution < -0.4 is 10.2 Å². The Morgan fingerprint density at radius 1 is 1.05 bits per heavy atom. The molecule has 8 heteroatoms. The summed E-state index contributed by atoms with van der Waals surface area (Å²) in [5.74, 6) is 1.89. The van der Waals surface area contributed by atoms with E-state index in [4.69, 9.17) is 16.6 Å². The molecule has 2 heterocycles. The number of amides is 1. The first-order valence-corrected chi connectivity index (χ1v) is 14.1. The molecule has 0 saturated carbocycles. The number of anilines is 1. The minimum absolute atomic E-state index is 0.0449. The van der Waals surface area contributed by atoms with Gasteiger partial charge in [0.05, 0.1) is 0 Å². The summed E-state index contributed by atoms with van der Waals surface area (Å²) in [6.07, 6.45) is 4.40. The Kier molecular flexibility index (Phi) is 9.99. The van der Waals surface area contributed by atoms with Crippen molar-refractivity contribution in [2.75, 3.05) is 44.2 Å². The summed E-state index contributed by atoms with van der Waals surface area (Å²) in [7, 11) is 0. The molecule has 6 nitrogen and oxygen atoms in total. The van der Waals surface area contributed by atoms with E-state index >= 15 is 0 Å². The van der Waals surface area contributed by atoms with Crippen molar-refractivity contribution >= 4 is 41.2 Å². The van der Waals surface area contributed by atoms with E-state index in [1.54, 1.807) is 0 Å². The number of benzene rings is 2. The number of halogens is 1. The number of nitrogens with zero attached hydrogens (tertiary/aromatic N) is 4. The Bertz CT molecular complexity index is 1200. The zero-order valence-corrected chi connectivity index (χ0v) is 23.0. The van der Waals surface area contributed by atoms with Crippen molar-refractivity contribution in [3.8, 4) is 0 Å². The molecule has 1 N–H and O–H groups in total. The maximum Gasteiger partial charge on any atom is 0.251 e. The maximum atomic E-state index is 12.4. The van der Waals surface area contributed by atoms with Gasteiger partial charge in [-0.25, -0.2) is 9.97 Å². The number of carbonyl (C=O) groups is 1. The van der Waals surface area contributed by atoms with Crippen LogP contribution in [0.5, 0.6) is 0 Å². The van der Waals surface area contributed by atoms with Gasteiger partial charge in [0.2, 0.25) is 0 Å². The summed E-state index contributed by atoms with van der Waals surface area (Å²) < 4.78 is 0. The van der Waals surface area contributed by atoms with Crippen LogP contribution in [-0.4, -0.2) is 60.0 Å². The fourth-order valence-electron chi connectivity index (χ4n) is 4.02. The second-order valence-electron chi connectivity index (χ2n) is 9.53. The second-order valence-corrected chi connectivity index (χ2v) is 10.9. The summed E-state index contributed by atoms with van der Waals surface area (Å²) in [5, 5.41) is 4.06. The van der Waals surface area contributed by atoms with Crippen molar-refractivity contribution in [3.63, 3.8) is 0 Å². The molecule has 1 saturated heterocycles. The standard InChI is InChI=1S/C29H34ClN5OS/c1-22(2)20-31-28(36)25-12-6-10-24(18-25)21-37-29-32-26(30)19-27(33-29)35-16-14-34(15-17-35)13-7-11-23-8-4-3-5-9-23/h3-12,18-19,22H,13-17,20-21H2,1-2H3,(H,31,36). The third kappa shape index (κ3) is 8.59. The number of thioether (sulfide) groups is 1. The van der Waals surface area contributed by atoms with Crippen LogP contribution in [-0.2, 0) is 5.75 Å². The van der Waals surface area contributed by atoms with Crippen molar-refractivity contribution in [2.24, 2.45) is 5.92 Å². The monoisotopic (exact) mass is 535 g/mol. The summed E-state index contributed by atoms with van der Waals surface area (Å²) in [5.41, 5.74) is 2.94. The molecule has 3 aromatic rings. The lowest BCUT2D eigenvalue weighted by molar-refractivity contribution is 0.0949. The van der Waals surface area contributed by atoms with E-state index in [1.807, 2.05) is 36.4 Å². The van der Waals surface area contributed by atoms with Gasteiger partial charge in [0.1, 0.15) is 11.0 Å². The Labute approximate surface area is 229 Å². The number of hydrogen-bond donors (Lipinski definition) is 1. The number of rotatable bonds is 10. The van der Waals surface area contributed by atoms with Crippen molar-refractivity contribution in [1.29, 1.82) is 0 Å². The SMILES string of the molecule is CC(C)CNC(=O)c1cccc(CSc2nc(Cl)cc(N3CCN(CC=Cc4ccccc4)CC3)n2)c1. The van der Waals surface area contributed by atoms with Crippen LogP contribution in [0.3, 0.4) is 0 Å². The van der Waals surface area contributed by atoms with E-state index in [0.717, 1.165) is 44.1 Å². The molecule has 4 rings (SSSR count). The van der Waals surface area contributed by atoms with Gasteiger partial charge in [-0.15, -0.1) is 0 Å². The van der Waals surface area contributed by atoms with Gasteiger partial charge in [-0.1, -0.05) is 91.8 Å². The fourth-order valence-corrected chi connectivity index (χ4v) is 5.05. The summed E-state index contributed by atoms with van der Waals surface area (Å²) in [4.78, 5) is 26.3. The molecule has 194 valence electrons. The molecule has 0 atom stereocenters. The van der Waals surface area contributed by atoms with Gasteiger partial charge in [0.15, 0.2) is 5.16 Å². The van der Waals surface area contributed by atoms with Gasteiger partial charge in [-0.3, -0.25) is 9.69 Å². The minimum Gasteiger partial charge on any atom is -0.354 e. The molecule has 0 aliphatic carbocycles. The first-order valence-electron chi connectivity index (χ1n) is 12.7. The molecule has 2 aromatic carbocycles. The van der Waals surface area contributed by atoms with E-state index in [2.05, 4.69) is 70.4 Å². The van der Waals surface area contributed by atoms with E-state index in [0.29, 0.717) is 34.1 Å². The molecule has 0 unspecified atom stereocenters. The van der Waals surface area contributed by atoms with Gasteiger partial charge in [0.25, 0.3) is 5.91 Å². The second kappa shape index (κ2) is 13.6. The summed E-state index contributed by atoms with van der Waals surface area (Å²) in [6, 6.07) is 19.9. The van der Waals surface area contributed by atoms with Crippen LogP contribution >= 0.6 is 23.4 Å². The zero-order chi connectivity index (χ0) is 26.0. The average molecular weight is 536 g/mol. The predicted octanol–water partition coefficient (Wildman–Crippen LogP) is 5.64. The highest BCUT2D eigenvalue weighted by molar-refractivity contribution is 7.98. The van der Waals surface area contributed by atoms with Crippen LogP contribution in [0.15, 0.2) is 71.9 Å². The Hall–Kier alpha value is -2.87. The van der Waals surface area contributed by atoms with E-state index in [-0.39, 0.29) is 5.91 Å². The van der Waals surface area contributed by atoms with Gasteiger partial charge in [-0.05, 0) is 29.2 Å². The van der Waals surface area contributed by atoms with Crippen LogP contribution in [0.2, 0.25) is 5.15 Å². The molecular weight excluding hydrogens is 502 g/mol. The molecule has 1 amide bonds. The molecule has 1 fully saturated rings. The molecule has 37 heavy (non-hydrogen) atoms. The zero-order valence-electron chi connectivity index (χ0n) is 21.4. The van der Waals surface area contributed by atoms with Crippen LogP contribution in [0.25, 0.3) is 6.08 Å². The predicted molar refractivity (Wildman–Crippen MR) is 154 cm³/mol. The molecule has 0 bridgehead atoms. The van der Waals surface area contributed by atoms with Crippen LogP contribution in [0.4, 0.5) is 5.82 Å². The molecule has 1 aliphatic heterocycles. The molecule has 0 spiro atoms. The van der Waals surface area contributed by atoms with Gasteiger partial charge in [-0.2, -0.15) is 0 Å². The highest BCUT2D eigenvalue weighted by Crippen LogP contribution is 2.25. The summed E-state index contributed by atoms with van der Waals surface area (Å²) >= 11 is 7.90. The molecule has 1 aromatic heterocycles. The number of piperazine rings is 1. The van der Waals surface area contributed by atoms with Gasteiger partial charge in [0, 0.05) is 56.7 Å². The molecule has 1 aliphatic rings. The molecule has 0 radical (unpaired) electrons. The number of aromatic nitrogens is 2. The maximum absolute atomic E-state index is 12.4. The highest BCUT2D eigenvalue weighted by atomic mass is 35.5. The minimum atomic E-state index is -0.0449. The lowest BCUT2D eigenvalue weighted by Gasteiger charge is -2.35. The third-order valence-corrected chi connectivity index (χ3v) is 7.17. The van der Waals surface area contributed by atoms with E-state index in [9.17, 15) is 4.79 Å². The first-order chi connectivity index (χ1) is 18.0. The van der Waals surface area contributed by atoms with Crippen molar-refractivity contribution in [3.05, 3.63) is 88.6 Å². The fraction of sp³-hybridized carbons (Fsp3) is 0.345. The lowest BCUT2D eigenvalue weighted by Crippen LogP contribution is -2.46. The average Bonchev–Trinajstić information content (AvgIpc) is 2.91. The van der Waals surface area contributed by atoms with Gasteiger partial charge < -0.3 is 10.2 Å². The molecular formula is C29H34ClN5OS. The van der Waals surface area contributed by atoms with E-state index in [1.165, 1.54) is 17.3 Å². The van der Waals surface area contributed by atoms with Crippen molar-refractivity contribution in [2.45, 2.75) is 24.8 Å². The quantitative estimate of drug-likeness (QED) is 0.206. The Morgan fingerprint density at radius 3 is 2.59 bits per heavy atom. The van der Waals surface area contributed by atoms with Crippen molar-refractivity contribution in [1.82, 2.24) is 20.2 Å². The normalized spacial score (nSPS) is 14.4. The Balaban J connectivity index is 1.30. The largest absolute Gasteiger partial charge is 0.354 e. The van der Waals surface area contributed by atoms with E-state index < -0.39 is 0 Å². The van der Waals surface area contributed by atoms with Crippen LogP contribution in [0, 0.1) is 5.92 Å². The topological polar surface area (TPSA) is 61.4 Å². The number of carbonyl (C=O) groups excluding carboxylic acids is 1. The smallest absolute Gasteiger partial charge is 0.251 e. The van der Waals surface area contributed by atoms with Gasteiger partial charge >= 0.3 is 0 Å². The third-order valence-electron chi connectivity index (χ3n) is 6.06. The highest BCUT2D eigenvalue weighted by Gasteiger charge is 2.19. The summed E-state index contributed by atoms with van der Waals surface area (Å²) in [6.45, 7) is 9.48. The van der Waals surface area contributed by atoms with Crippen molar-refractivity contribution < 1.29 is 4.79 Å². The van der Waals surface area contributed by atoms with Crippen LogP contribution in [0.1, 0.15) is 35.3 Å².